The molecule has 28 heavy (non-hydrogen) atoms. The Hall–Kier alpha value is -3.47. The lowest BCUT2D eigenvalue weighted by Crippen LogP contribution is -2.14. The normalized spacial score (nSPS) is 10.4. The molecule has 5 nitrogen and oxygen atoms in total. The number of benzene rings is 2. The predicted octanol–water partition coefficient (Wildman–Crippen LogP) is 5.15. The van der Waals surface area contributed by atoms with Crippen LogP contribution in [0.4, 0.5) is 17.1 Å². The number of Topliss-reactive ketones (excluding diaryl/α,β-unsaturated/α-hetero) is 1. The van der Waals surface area contributed by atoms with E-state index in [-0.39, 0.29) is 11.7 Å². The Labute approximate surface area is 164 Å². The van der Waals surface area contributed by atoms with Crippen molar-refractivity contribution in [1.29, 1.82) is 0 Å². The van der Waals surface area contributed by atoms with E-state index in [1.165, 1.54) is 12.5 Å². The zero-order chi connectivity index (χ0) is 20.1. The number of pyridine rings is 1. The number of ketones is 1. The van der Waals surface area contributed by atoms with Crippen LogP contribution in [-0.2, 0) is 6.42 Å². The molecule has 0 radical (unpaired) electrons. The van der Waals surface area contributed by atoms with Gasteiger partial charge < -0.3 is 10.6 Å². The molecular formula is C23H23N3O2. The lowest BCUT2D eigenvalue weighted by atomic mass is 10.1. The van der Waals surface area contributed by atoms with E-state index < -0.39 is 0 Å². The van der Waals surface area contributed by atoms with Gasteiger partial charge in [0.1, 0.15) is 5.69 Å². The van der Waals surface area contributed by atoms with Crippen LogP contribution in [-0.4, -0.2) is 16.7 Å². The summed E-state index contributed by atoms with van der Waals surface area (Å²) in [5, 5.41) is 6.21. The number of nitrogens with one attached hydrogen (secondary N) is 2. The van der Waals surface area contributed by atoms with Crippen LogP contribution >= 0.6 is 0 Å². The zero-order valence-corrected chi connectivity index (χ0v) is 16.2. The number of aryl methyl sites for hydroxylation is 2. The number of amides is 1. The molecule has 0 atom stereocenters. The number of para-hydroxylation sites is 1. The van der Waals surface area contributed by atoms with Gasteiger partial charge in [0.15, 0.2) is 5.78 Å². The first kappa shape index (κ1) is 19.3. The summed E-state index contributed by atoms with van der Waals surface area (Å²) in [5.74, 6) is -0.379. The Morgan fingerprint density at radius 1 is 1.00 bits per heavy atom. The quantitative estimate of drug-likeness (QED) is 0.586. The fourth-order valence-electron chi connectivity index (χ4n) is 2.99. The van der Waals surface area contributed by atoms with Crippen molar-refractivity contribution in [3.05, 3.63) is 83.2 Å². The van der Waals surface area contributed by atoms with Crippen LogP contribution in [0.5, 0.6) is 0 Å². The van der Waals surface area contributed by atoms with Gasteiger partial charge in [0.2, 0.25) is 0 Å². The highest BCUT2D eigenvalue weighted by atomic mass is 16.2. The molecule has 3 rings (SSSR count). The standard InChI is InChI=1S/C23H23N3O2/c1-4-17-8-5-7-15(2)22(17)25-20-11-12-24-21(14-20)23(28)26-19-10-6-9-18(13-19)16(3)27/h5-14H,4H2,1-3H3,(H,24,25)(H,26,28). The highest BCUT2D eigenvalue weighted by Crippen LogP contribution is 2.25. The molecule has 0 spiro atoms. The number of hydrogen-bond donors (Lipinski definition) is 2. The summed E-state index contributed by atoms with van der Waals surface area (Å²) >= 11 is 0. The molecule has 2 aromatic carbocycles. The number of carbonyl (C=O) groups excluding carboxylic acids is 2. The van der Waals surface area contributed by atoms with Crippen LogP contribution in [0.2, 0.25) is 0 Å². The van der Waals surface area contributed by atoms with Gasteiger partial charge in [-0.25, -0.2) is 0 Å². The molecule has 3 aromatic rings. The van der Waals surface area contributed by atoms with E-state index in [9.17, 15) is 9.59 Å². The third kappa shape index (κ3) is 4.43. The molecule has 0 fully saturated rings. The molecule has 0 bridgehead atoms. The monoisotopic (exact) mass is 373 g/mol. The van der Waals surface area contributed by atoms with Crippen molar-refractivity contribution in [2.75, 3.05) is 10.6 Å². The summed E-state index contributed by atoms with van der Waals surface area (Å²) in [7, 11) is 0. The predicted molar refractivity (Wildman–Crippen MR) is 112 cm³/mol. The smallest absolute Gasteiger partial charge is 0.274 e. The number of anilines is 3. The Morgan fingerprint density at radius 2 is 1.79 bits per heavy atom. The molecule has 2 N–H and O–H groups in total. The number of nitrogens with zero attached hydrogens (tertiary/aromatic N) is 1. The fourth-order valence-corrected chi connectivity index (χ4v) is 2.99. The summed E-state index contributed by atoms with van der Waals surface area (Å²) in [4.78, 5) is 28.3. The maximum atomic E-state index is 12.6. The zero-order valence-electron chi connectivity index (χ0n) is 16.2. The van der Waals surface area contributed by atoms with Crippen LogP contribution in [0.25, 0.3) is 0 Å². The van der Waals surface area contributed by atoms with Crippen LogP contribution in [0.1, 0.15) is 45.8 Å². The minimum absolute atomic E-state index is 0.0506. The van der Waals surface area contributed by atoms with E-state index >= 15 is 0 Å². The first-order valence-corrected chi connectivity index (χ1v) is 9.22. The largest absolute Gasteiger partial charge is 0.355 e. The molecule has 0 aliphatic heterocycles. The summed E-state index contributed by atoms with van der Waals surface area (Å²) in [6, 6.07) is 16.6. The van der Waals surface area contributed by atoms with Crippen molar-refractivity contribution in [3.63, 3.8) is 0 Å². The van der Waals surface area contributed by atoms with E-state index in [4.69, 9.17) is 0 Å². The molecule has 1 heterocycles. The second-order valence-electron chi connectivity index (χ2n) is 6.61. The fraction of sp³-hybridized carbons (Fsp3) is 0.174. The molecule has 1 aromatic heterocycles. The second kappa shape index (κ2) is 8.48. The van der Waals surface area contributed by atoms with Crippen molar-refractivity contribution in [1.82, 2.24) is 4.98 Å². The summed E-state index contributed by atoms with van der Waals surface area (Å²) in [6.07, 6.45) is 2.52. The Bertz CT molecular complexity index is 1030. The summed E-state index contributed by atoms with van der Waals surface area (Å²) in [5.41, 5.74) is 5.60. The van der Waals surface area contributed by atoms with E-state index in [1.54, 1.807) is 36.5 Å². The van der Waals surface area contributed by atoms with Crippen molar-refractivity contribution < 1.29 is 9.59 Å². The molecule has 142 valence electrons. The van der Waals surface area contributed by atoms with Gasteiger partial charge in [-0.3, -0.25) is 14.6 Å². The first-order valence-electron chi connectivity index (χ1n) is 9.22. The number of aromatic nitrogens is 1. The van der Waals surface area contributed by atoms with Crippen molar-refractivity contribution in [2.24, 2.45) is 0 Å². The highest BCUT2D eigenvalue weighted by molar-refractivity contribution is 6.04. The molecule has 0 saturated carbocycles. The van der Waals surface area contributed by atoms with Crippen LogP contribution in [0.15, 0.2) is 60.8 Å². The Kier molecular flexibility index (Phi) is 5.84. The average Bonchev–Trinajstić information content (AvgIpc) is 2.70. The van der Waals surface area contributed by atoms with Gasteiger partial charge in [0.05, 0.1) is 0 Å². The maximum absolute atomic E-state index is 12.6. The summed E-state index contributed by atoms with van der Waals surface area (Å²) < 4.78 is 0. The highest BCUT2D eigenvalue weighted by Gasteiger charge is 2.11. The number of carbonyl (C=O) groups is 2. The molecular weight excluding hydrogens is 350 g/mol. The molecule has 5 heteroatoms. The van der Waals surface area contributed by atoms with E-state index in [0.717, 1.165) is 23.4 Å². The molecule has 1 amide bonds. The minimum Gasteiger partial charge on any atom is -0.355 e. The van der Waals surface area contributed by atoms with Crippen molar-refractivity contribution in [3.8, 4) is 0 Å². The van der Waals surface area contributed by atoms with E-state index in [1.807, 2.05) is 12.1 Å². The van der Waals surface area contributed by atoms with Crippen LogP contribution < -0.4 is 10.6 Å². The van der Waals surface area contributed by atoms with Gasteiger partial charge in [0.25, 0.3) is 5.91 Å². The minimum atomic E-state index is -0.329. The van der Waals surface area contributed by atoms with Crippen molar-refractivity contribution in [2.45, 2.75) is 27.2 Å². The Morgan fingerprint density at radius 3 is 2.54 bits per heavy atom. The van der Waals surface area contributed by atoms with Gasteiger partial charge in [-0.1, -0.05) is 37.3 Å². The Balaban J connectivity index is 1.81. The third-order valence-corrected chi connectivity index (χ3v) is 4.53. The maximum Gasteiger partial charge on any atom is 0.274 e. The first-order chi connectivity index (χ1) is 13.5. The number of hydrogen-bond acceptors (Lipinski definition) is 4. The average molecular weight is 373 g/mol. The van der Waals surface area contributed by atoms with Gasteiger partial charge in [-0.15, -0.1) is 0 Å². The SMILES string of the molecule is CCc1cccc(C)c1Nc1ccnc(C(=O)Nc2cccc(C(C)=O)c2)c1. The summed E-state index contributed by atoms with van der Waals surface area (Å²) in [6.45, 7) is 5.66. The molecule has 0 unspecified atom stereocenters. The van der Waals surface area contributed by atoms with Gasteiger partial charge in [-0.2, -0.15) is 0 Å². The molecule has 0 aliphatic rings. The third-order valence-electron chi connectivity index (χ3n) is 4.53. The second-order valence-corrected chi connectivity index (χ2v) is 6.61. The molecule has 0 saturated heterocycles. The van der Waals surface area contributed by atoms with Gasteiger partial charge >= 0.3 is 0 Å². The topological polar surface area (TPSA) is 71.1 Å². The lowest BCUT2D eigenvalue weighted by Gasteiger charge is -2.14. The van der Waals surface area contributed by atoms with E-state index in [2.05, 4.69) is 41.6 Å². The molecule has 0 aliphatic carbocycles. The van der Waals surface area contributed by atoms with E-state index in [0.29, 0.717) is 16.9 Å². The van der Waals surface area contributed by atoms with Gasteiger partial charge in [0, 0.05) is 28.8 Å². The number of rotatable bonds is 6. The lowest BCUT2D eigenvalue weighted by molar-refractivity contribution is 0.100. The van der Waals surface area contributed by atoms with Crippen LogP contribution in [0, 0.1) is 6.92 Å². The van der Waals surface area contributed by atoms with Gasteiger partial charge in [-0.05, 0) is 55.7 Å². The van der Waals surface area contributed by atoms with Crippen LogP contribution in [0.3, 0.4) is 0 Å². The van der Waals surface area contributed by atoms with Crippen molar-refractivity contribution >= 4 is 28.8 Å².